The summed E-state index contributed by atoms with van der Waals surface area (Å²) in [5, 5.41) is 4.04. The Hall–Kier alpha value is -3.51. The first-order valence-corrected chi connectivity index (χ1v) is 9.49. The largest absolute Gasteiger partial charge is 0.394 e. The van der Waals surface area contributed by atoms with Crippen LogP contribution in [0.5, 0.6) is 0 Å². The molecule has 1 aromatic carbocycles. The van der Waals surface area contributed by atoms with Gasteiger partial charge in [-0.05, 0) is 43.9 Å². The van der Waals surface area contributed by atoms with Crippen LogP contribution in [0.3, 0.4) is 0 Å². The molecular weight excluding hydrogens is 362 g/mol. The molecule has 0 fully saturated rings. The Morgan fingerprint density at radius 1 is 1.03 bits per heavy atom. The van der Waals surface area contributed by atoms with Crippen molar-refractivity contribution in [3.63, 3.8) is 0 Å². The summed E-state index contributed by atoms with van der Waals surface area (Å²) < 4.78 is 2.08. The third-order valence-electron chi connectivity index (χ3n) is 4.60. The standard InChI is InChI=1S/C23H23N5O/c1-27(2)11-12-29-26-15-18-8-10-28-22(17-25-23(28)13-18)20-6-3-5-19(14-20)21-7-4-9-24-16-21/h3-10,13-17H,11-12H2,1-2H3/b26-15+. The van der Waals surface area contributed by atoms with Crippen molar-refractivity contribution in [1.82, 2.24) is 19.3 Å². The second kappa shape index (κ2) is 8.67. The highest BCUT2D eigenvalue weighted by Gasteiger charge is 2.08. The molecule has 0 aliphatic rings. The monoisotopic (exact) mass is 385 g/mol. The molecule has 0 spiro atoms. The van der Waals surface area contributed by atoms with Crippen molar-refractivity contribution >= 4 is 11.9 Å². The van der Waals surface area contributed by atoms with E-state index < -0.39 is 0 Å². The number of oxime groups is 1. The van der Waals surface area contributed by atoms with E-state index >= 15 is 0 Å². The van der Waals surface area contributed by atoms with Crippen molar-refractivity contribution in [2.75, 3.05) is 27.2 Å². The highest BCUT2D eigenvalue weighted by molar-refractivity contribution is 5.81. The fraction of sp³-hybridized carbons (Fsp3) is 0.174. The highest BCUT2D eigenvalue weighted by atomic mass is 16.6. The van der Waals surface area contributed by atoms with E-state index in [9.17, 15) is 0 Å². The summed E-state index contributed by atoms with van der Waals surface area (Å²) in [6.45, 7) is 1.39. The fourth-order valence-corrected chi connectivity index (χ4v) is 3.06. The molecule has 0 bridgehead atoms. The predicted octanol–water partition coefficient (Wildman–Crippen LogP) is 3.98. The number of rotatable bonds is 7. The van der Waals surface area contributed by atoms with Crippen molar-refractivity contribution in [3.05, 3.63) is 78.9 Å². The van der Waals surface area contributed by atoms with Crippen LogP contribution in [0.15, 0.2) is 78.5 Å². The number of nitrogens with zero attached hydrogens (tertiary/aromatic N) is 5. The van der Waals surface area contributed by atoms with Gasteiger partial charge in [0.05, 0.1) is 18.1 Å². The van der Waals surface area contributed by atoms with Crippen LogP contribution >= 0.6 is 0 Å². The van der Waals surface area contributed by atoms with Crippen LogP contribution in [0.1, 0.15) is 5.56 Å². The Bertz CT molecular complexity index is 1120. The summed E-state index contributed by atoms with van der Waals surface area (Å²) in [5.74, 6) is 0. The molecule has 29 heavy (non-hydrogen) atoms. The molecule has 0 N–H and O–H groups in total. The third kappa shape index (κ3) is 4.50. The van der Waals surface area contributed by atoms with E-state index in [2.05, 4.69) is 54.8 Å². The Morgan fingerprint density at radius 3 is 2.72 bits per heavy atom. The molecule has 0 aliphatic heterocycles. The molecule has 4 aromatic rings. The van der Waals surface area contributed by atoms with Crippen LogP contribution in [0.4, 0.5) is 0 Å². The van der Waals surface area contributed by atoms with Gasteiger partial charge in [-0.25, -0.2) is 4.98 Å². The maximum absolute atomic E-state index is 5.29. The van der Waals surface area contributed by atoms with Crippen LogP contribution in [0.25, 0.3) is 28.0 Å². The van der Waals surface area contributed by atoms with E-state index in [1.165, 1.54) is 0 Å². The molecule has 6 nitrogen and oxygen atoms in total. The summed E-state index contributed by atoms with van der Waals surface area (Å²) in [6.07, 6.45) is 9.28. The van der Waals surface area contributed by atoms with Crippen LogP contribution < -0.4 is 0 Å². The lowest BCUT2D eigenvalue weighted by Crippen LogP contribution is -2.16. The second-order valence-corrected chi connectivity index (χ2v) is 7.03. The number of hydrogen-bond donors (Lipinski definition) is 0. The van der Waals surface area contributed by atoms with E-state index in [4.69, 9.17) is 4.84 Å². The minimum absolute atomic E-state index is 0.562. The van der Waals surface area contributed by atoms with Gasteiger partial charge in [0, 0.05) is 41.8 Å². The van der Waals surface area contributed by atoms with Gasteiger partial charge in [0.25, 0.3) is 0 Å². The minimum Gasteiger partial charge on any atom is -0.394 e. The summed E-state index contributed by atoms with van der Waals surface area (Å²) >= 11 is 0. The molecule has 3 heterocycles. The lowest BCUT2D eigenvalue weighted by molar-refractivity contribution is 0.127. The topological polar surface area (TPSA) is 55.0 Å². The second-order valence-electron chi connectivity index (χ2n) is 7.03. The summed E-state index contributed by atoms with van der Waals surface area (Å²) in [5.41, 5.74) is 6.18. The molecule has 0 radical (unpaired) electrons. The van der Waals surface area contributed by atoms with Gasteiger partial charge in [-0.15, -0.1) is 0 Å². The molecule has 0 aliphatic carbocycles. The van der Waals surface area contributed by atoms with Crippen molar-refractivity contribution in [1.29, 1.82) is 0 Å². The van der Waals surface area contributed by atoms with E-state index in [0.29, 0.717) is 6.61 Å². The van der Waals surface area contributed by atoms with Crippen molar-refractivity contribution in [2.24, 2.45) is 5.16 Å². The maximum atomic E-state index is 5.29. The van der Waals surface area contributed by atoms with Gasteiger partial charge < -0.3 is 9.74 Å². The van der Waals surface area contributed by atoms with Gasteiger partial charge in [-0.1, -0.05) is 29.4 Å². The van der Waals surface area contributed by atoms with Gasteiger partial charge in [0.1, 0.15) is 12.3 Å². The summed E-state index contributed by atoms with van der Waals surface area (Å²) in [7, 11) is 4.01. The number of likely N-dealkylation sites (N-methyl/N-ethyl adjacent to an activating group) is 1. The Balaban J connectivity index is 1.56. The Morgan fingerprint density at radius 2 is 1.90 bits per heavy atom. The number of aromatic nitrogens is 3. The Labute approximate surface area is 170 Å². The van der Waals surface area contributed by atoms with Crippen LogP contribution in [-0.2, 0) is 4.84 Å². The third-order valence-corrected chi connectivity index (χ3v) is 4.60. The zero-order chi connectivity index (χ0) is 20.1. The quantitative estimate of drug-likeness (QED) is 0.274. The van der Waals surface area contributed by atoms with Gasteiger partial charge in [0.2, 0.25) is 0 Å². The van der Waals surface area contributed by atoms with Gasteiger partial charge >= 0.3 is 0 Å². The fourth-order valence-electron chi connectivity index (χ4n) is 3.06. The van der Waals surface area contributed by atoms with Crippen LogP contribution in [0.2, 0.25) is 0 Å². The molecule has 3 aromatic heterocycles. The first kappa shape index (κ1) is 18.8. The zero-order valence-electron chi connectivity index (χ0n) is 16.6. The molecule has 4 rings (SSSR count). The molecular formula is C23H23N5O. The number of hydrogen-bond acceptors (Lipinski definition) is 5. The molecule has 146 valence electrons. The average Bonchev–Trinajstić information content (AvgIpc) is 3.17. The number of pyridine rings is 2. The van der Waals surface area contributed by atoms with Gasteiger partial charge in [0.15, 0.2) is 0 Å². The lowest BCUT2D eigenvalue weighted by Gasteiger charge is -2.07. The molecule has 0 amide bonds. The van der Waals surface area contributed by atoms with Crippen molar-refractivity contribution < 1.29 is 4.84 Å². The minimum atomic E-state index is 0.562. The Kier molecular flexibility index (Phi) is 5.63. The molecule has 6 heteroatoms. The van der Waals surface area contributed by atoms with Crippen molar-refractivity contribution in [2.45, 2.75) is 0 Å². The van der Waals surface area contributed by atoms with Crippen LogP contribution in [0, 0.1) is 0 Å². The summed E-state index contributed by atoms with van der Waals surface area (Å²) in [4.78, 5) is 16.1. The SMILES string of the molecule is CN(C)CCO/N=C/c1ccn2c(-c3cccc(-c4cccnc4)c3)cnc2c1. The smallest absolute Gasteiger partial charge is 0.137 e. The average molecular weight is 385 g/mol. The van der Waals surface area contributed by atoms with E-state index in [-0.39, 0.29) is 0 Å². The zero-order valence-corrected chi connectivity index (χ0v) is 16.6. The van der Waals surface area contributed by atoms with E-state index in [1.807, 2.05) is 50.9 Å². The number of fused-ring (bicyclic) bond motifs is 1. The molecule has 0 saturated carbocycles. The van der Waals surface area contributed by atoms with E-state index in [0.717, 1.165) is 40.1 Å². The van der Waals surface area contributed by atoms with Gasteiger partial charge in [-0.3, -0.25) is 9.38 Å². The predicted molar refractivity (Wildman–Crippen MR) is 116 cm³/mol. The first-order chi connectivity index (χ1) is 14.2. The molecule has 0 saturated heterocycles. The van der Waals surface area contributed by atoms with Crippen LogP contribution in [-0.4, -0.2) is 52.7 Å². The van der Waals surface area contributed by atoms with E-state index in [1.54, 1.807) is 12.4 Å². The molecule has 0 unspecified atom stereocenters. The van der Waals surface area contributed by atoms with Gasteiger partial charge in [-0.2, -0.15) is 0 Å². The number of benzene rings is 1. The number of imidazole rings is 1. The molecule has 0 atom stereocenters. The normalized spacial score (nSPS) is 11.6. The lowest BCUT2D eigenvalue weighted by atomic mass is 10.0. The summed E-state index contributed by atoms with van der Waals surface area (Å²) in [6, 6.07) is 16.4. The van der Waals surface area contributed by atoms with Crippen molar-refractivity contribution in [3.8, 4) is 22.4 Å². The maximum Gasteiger partial charge on any atom is 0.137 e. The highest BCUT2D eigenvalue weighted by Crippen LogP contribution is 2.26. The first-order valence-electron chi connectivity index (χ1n) is 9.49.